The van der Waals surface area contributed by atoms with Crippen molar-refractivity contribution in [2.75, 3.05) is 0 Å². The average molecular weight is 282 g/mol. The van der Waals surface area contributed by atoms with Crippen LogP contribution < -0.4 is 0 Å². The molecule has 0 unspecified atom stereocenters. The molecule has 0 aromatic rings. The van der Waals surface area contributed by atoms with Crippen molar-refractivity contribution in [1.82, 2.24) is 0 Å². The summed E-state index contributed by atoms with van der Waals surface area (Å²) in [6.07, 6.45) is -0.539. The SMILES string of the molecule is C=C(C)/C=C\C(=C)C(=C)/C=C(/F)C(=C)C#CC(F)(F)F. The molecule has 0 rings (SSSR count). The van der Waals surface area contributed by atoms with Crippen LogP contribution in [0.2, 0.25) is 0 Å². The first-order chi connectivity index (χ1) is 9.03. The highest BCUT2D eigenvalue weighted by molar-refractivity contribution is 5.50. The van der Waals surface area contributed by atoms with Gasteiger partial charge in [-0.25, -0.2) is 4.39 Å². The molecular weight excluding hydrogens is 268 g/mol. The molecule has 4 heteroatoms. The van der Waals surface area contributed by atoms with Crippen molar-refractivity contribution >= 4 is 0 Å². The smallest absolute Gasteiger partial charge is 0.206 e. The van der Waals surface area contributed by atoms with Crippen LogP contribution in [-0.2, 0) is 0 Å². The quantitative estimate of drug-likeness (QED) is 0.369. The van der Waals surface area contributed by atoms with Gasteiger partial charge in [-0.3, -0.25) is 0 Å². The molecule has 0 amide bonds. The summed E-state index contributed by atoms with van der Waals surface area (Å²) in [5.74, 6) is 1.55. The third-order valence-electron chi connectivity index (χ3n) is 1.93. The molecule has 0 radical (unpaired) electrons. The fourth-order valence-corrected chi connectivity index (χ4v) is 0.889. The highest BCUT2D eigenvalue weighted by Crippen LogP contribution is 2.18. The molecule has 0 fully saturated rings. The minimum absolute atomic E-state index is 0.204. The number of allylic oxidation sites excluding steroid dienone is 8. The average Bonchev–Trinajstić information content (AvgIpc) is 2.31. The predicted molar refractivity (Wildman–Crippen MR) is 74.4 cm³/mol. The highest BCUT2D eigenvalue weighted by Gasteiger charge is 2.23. The van der Waals surface area contributed by atoms with Gasteiger partial charge in [0.1, 0.15) is 5.83 Å². The van der Waals surface area contributed by atoms with Gasteiger partial charge in [-0.2, -0.15) is 13.2 Å². The second-order valence-corrected chi connectivity index (χ2v) is 3.95. The third-order valence-corrected chi connectivity index (χ3v) is 1.93. The molecule has 0 bridgehead atoms. The Kier molecular flexibility index (Phi) is 6.51. The van der Waals surface area contributed by atoms with E-state index in [0.717, 1.165) is 17.6 Å². The van der Waals surface area contributed by atoms with Gasteiger partial charge < -0.3 is 0 Å². The fourth-order valence-electron chi connectivity index (χ4n) is 0.889. The Bertz CT molecular complexity index is 558. The first-order valence-electron chi connectivity index (χ1n) is 5.41. The van der Waals surface area contributed by atoms with Gasteiger partial charge in [0.15, 0.2) is 0 Å². The Balaban J connectivity index is 4.92. The summed E-state index contributed by atoms with van der Waals surface area (Å²) < 4.78 is 49.1. The van der Waals surface area contributed by atoms with E-state index < -0.39 is 17.6 Å². The fraction of sp³-hybridized carbons (Fsp3) is 0.125. The number of hydrogen-bond acceptors (Lipinski definition) is 0. The second kappa shape index (κ2) is 7.34. The standard InChI is InChI=1S/C16H14F4/c1-11(2)6-7-12(3)14(5)10-15(17)13(4)8-9-16(18,19)20/h6-7,10H,1,3-5H2,2H3/b7-6-,15-10+. The first-order valence-corrected chi connectivity index (χ1v) is 5.41. The topological polar surface area (TPSA) is 0 Å². The van der Waals surface area contributed by atoms with Gasteiger partial charge in [0.25, 0.3) is 0 Å². The first kappa shape index (κ1) is 17.7. The van der Waals surface area contributed by atoms with Crippen molar-refractivity contribution in [3.8, 4) is 11.8 Å². The van der Waals surface area contributed by atoms with E-state index in [1.165, 1.54) is 0 Å². The Morgan fingerprint density at radius 2 is 1.55 bits per heavy atom. The Morgan fingerprint density at radius 1 is 1.00 bits per heavy atom. The molecule has 0 spiro atoms. The van der Waals surface area contributed by atoms with E-state index in [9.17, 15) is 17.6 Å². The van der Waals surface area contributed by atoms with Crippen LogP contribution in [0.3, 0.4) is 0 Å². The lowest BCUT2D eigenvalue weighted by atomic mass is 10.1. The van der Waals surface area contributed by atoms with Crippen molar-refractivity contribution in [2.45, 2.75) is 13.1 Å². The molecule has 0 aromatic carbocycles. The summed E-state index contributed by atoms with van der Waals surface area (Å²) in [7, 11) is 0. The molecule has 0 saturated carbocycles. The lowest BCUT2D eigenvalue weighted by Gasteiger charge is -2.01. The summed E-state index contributed by atoms with van der Waals surface area (Å²) in [5.41, 5.74) is 0.804. The molecule has 0 aliphatic heterocycles. The van der Waals surface area contributed by atoms with E-state index in [-0.39, 0.29) is 5.57 Å². The monoisotopic (exact) mass is 282 g/mol. The Hall–Kier alpha value is -2.28. The number of alkyl halides is 3. The summed E-state index contributed by atoms with van der Waals surface area (Å²) in [6.45, 7) is 15.7. The molecule has 0 heterocycles. The van der Waals surface area contributed by atoms with Crippen LogP contribution in [0.4, 0.5) is 17.6 Å². The molecule has 0 aromatic heterocycles. The van der Waals surface area contributed by atoms with Gasteiger partial charge in [-0.15, -0.1) is 0 Å². The molecule has 20 heavy (non-hydrogen) atoms. The summed E-state index contributed by atoms with van der Waals surface area (Å²) in [5, 5.41) is 0. The molecule has 0 aliphatic rings. The van der Waals surface area contributed by atoms with E-state index in [2.05, 4.69) is 26.3 Å². The maximum atomic E-state index is 13.5. The van der Waals surface area contributed by atoms with E-state index in [4.69, 9.17) is 0 Å². The van der Waals surface area contributed by atoms with Crippen LogP contribution in [0.25, 0.3) is 0 Å². The summed E-state index contributed by atoms with van der Waals surface area (Å²) >= 11 is 0. The molecule has 0 nitrogen and oxygen atoms in total. The van der Waals surface area contributed by atoms with E-state index in [1.54, 1.807) is 25.0 Å². The van der Waals surface area contributed by atoms with Crippen molar-refractivity contribution in [3.63, 3.8) is 0 Å². The van der Waals surface area contributed by atoms with Crippen LogP contribution in [0.5, 0.6) is 0 Å². The zero-order valence-corrected chi connectivity index (χ0v) is 11.1. The molecule has 0 atom stereocenters. The molecule has 0 aliphatic carbocycles. The zero-order valence-electron chi connectivity index (χ0n) is 11.1. The second-order valence-electron chi connectivity index (χ2n) is 3.95. The molecule has 0 N–H and O–H groups in total. The normalized spacial score (nSPS) is 11.8. The van der Waals surface area contributed by atoms with Gasteiger partial charge in [0.05, 0.1) is 5.57 Å². The van der Waals surface area contributed by atoms with Crippen LogP contribution >= 0.6 is 0 Å². The lowest BCUT2D eigenvalue weighted by molar-refractivity contribution is -0.0696. The van der Waals surface area contributed by atoms with Crippen LogP contribution in [0, 0.1) is 11.8 Å². The maximum Gasteiger partial charge on any atom is 0.458 e. The molecule has 106 valence electrons. The van der Waals surface area contributed by atoms with Crippen LogP contribution in [0.1, 0.15) is 6.92 Å². The predicted octanol–water partition coefficient (Wildman–Crippen LogP) is 5.21. The van der Waals surface area contributed by atoms with E-state index in [0.29, 0.717) is 5.57 Å². The van der Waals surface area contributed by atoms with Crippen molar-refractivity contribution < 1.29 is 17.6 Å². The van der Waals surface area contributed by atoms with Gasteiger partial charge in [-0.05, 0) is 24.1 Å². The Labute approximate surface area is 116 Å². The number of rotatable bonds is 5. The number of hydrogen-bond donors (Lipinski definition) is 0. The number of halogens is 4. The summed E-state index contributed by atoms with van der Waals surface area (Å²) in [6, 6.07) is 0. The van der Waals surface area contributed by atoms with Gasteiger partial charge in [-0.1, -0.05) is 50.0 Å². The van der Waals surface area contributed by atoms with Crippen molar-refractivity contribution in [1.29, 1.82) is 0 Å². The van der Waals surface area contributed by atoms with Gasteiger partial charge in [0, 0.05) is 5.92 Å². The molecule has 0 saturated heterocycles. The van der Waals surface area contributed by atoms with Crippen LogP contribution in [0.15, 0.2) is 72.7 Å². The van der Waals surface area contributed by atoms with Gasteiger partial charge in [0.2, 0.25) is 0 Å². The minimum atomic E-state index is -4.69. The zero-order chi connectivity index (χ0) is 15.9. The highest BCUT2D eigenvalue weighted by atomic mass is 19.4. The van der Waals surface area contributed by atoms with Crippen molar-refractivity contribution in [3.05, 3.63) is 72.7 Å². The van der Waals surface area contributed by atoms with Crippen molar-refractivity contribution in [2.24, 2.45) is 0 Å². The molecular formula is C16H14F4. The summed E-state index contributed by atoms with van der Waals surface area (Å²) in [4.78, 5) is 0. The van der Waals surface area contributed by atoms with Gasteiger partial charge >= 0.3 is 6.18 Å². The Morgan fingerprint density at radius 3 is 2.00 bits per heavy atom. The third kappa shape index (κ3) is 7.93. The minimum Gasteiger partial charge on any atom is -0.206 e. The van der Waals surface area contributed by atoms with Crippen LogP contribution in [-0.4, -0.2) is 6.18 Å². The van der Waals surface area contributed by atoms with E-state index >= 15 is 0 Å². The van der Waals surface area contributed by atoms with E-state index in [1.807, 2.05) is 0 Å². The lowest BCUT2D eigenvalue weighted by Crippen LogP contribution is -2.01. The maximum absolute atomic E-state index is 13.5. The largest absolute Gasteiger partial charge is 0.458 e.